The van der Waals surface area contributed by atoms with Crippen molar-refractivity contribution in [1.29, 1.82) is 0 Å². The van der Waals surface area contributed by atoms with Gasteiger partial charge in [-0.2, -0.15) is 0 Å². The Balaban J connectivity index is 1.83. The van der Waals surface area contributed by atoms with Gasteiger partial charge in [-0.25, -0.2) is 4.79 Å². The first-order valence-electron chi connectivity index (χ1n) is 6.40. The second-order valence-corrected chi connectivity index (χ2v) is 4.60. The molecule has 19 heavy (non-hydrogen) atoms. The third-order valence-electron chi connectivity index (χ3n) is 2.93. The van der Waals surface area contributed by atoms with Crippen LogP contribution in [-0.4, -0.2) is 31.6 Å². The van der Waals surface area contributed by atoms with Gasteiger partial charge in [-0.1, -0.05) is 6.07 Å². The standard InChI is InChI=1S/C14H18N2O3/c1-19-14(18)10-3-2-4-12(9-10)16-13(17)7-8-15-11-5-6-11/h2-4,9,11,15H,5-8H2,1H3,(H,16,17). The van der Waals surface area contributed by atoms with Crippen LogP contribution in [0.4, 0.5) is 5.69 Å². The Hall–Kier alpha value is -1.88. The second kappa shape index (κ2) is 6.33. The van der Waals surface area contributed by atoms with E-state index in [0.717, 1.165) is 0 Å². The second-order valence-electron chi connectivity index (χ2n) is 4.60. The number of ether oxygens (including phenoxy) is 1. The highest BCUT2D eigenvalue weighted by atomic mass is 16.5. The molecule has 0 unspecified atom stereocenters. The number of nitrogens with one attached hydrogen (secondary N) is 2. The number of rotatable bonds is 6. The van der Waals surface area contributed by atoms with Crippen LogP contribution in [0.5, 0.6) is 0 Å². The molecule has 1 amide bonds. The molecule has 1 saturated carbocycles. The normalized spacial score (nSPS) is 13.9. The van der Waals surface area contributed by atoms with Crippen molar-refractivity contribution in [3.05, 3.63) is 29.8 Å². The van der Waals surface area contributed by atoms with Gasteiger partial charge in [0.05, 0.1) is 12.7 Å². The molecular weight excluding hydrogens is 244 g/mol. The third kappa shape index (κ3) is 4.37. The Morgan fingerprint density at radius 3 is 2.84 bits per heavy atom. The number of amides is 1. The van der Waals surface area contributed by atoms with Crippen LogP contribution in [0.3, 0.4) is 0 Å². The molecule has 102 valence electrons. The SMILES string of the molecule is COC(=O)c1cccc(NC(=O)CCNC2CC2)c1. The van der Waals surface area contributed by atoms with Crippen LogP contribution in [0.25, 0.3) is 0 Å². The van der Waals surface area contributed by atoms with Crippen LogP contribution in [0, 0.1) is 0 Å². The molecule has 1 aliphatic rings. The first kappa shape index (κ1) is 13.5. The first-order valence-corrected chi connectivity index (χ1v) is 6.40. The molecule has 1 aliphatic carbocycles. The Kier molecular flexibility index (Phi) is 4.52. The van der Waals surface area contributed by atoms with E-state index in [1.165, 1.54) is 20.0 Å². The van der Waals surface area contributed by atoms with Gasteiger partial charge in [0, 0.05) is 24.7 Å². The molecule has 0 radical (unpaired) electrons. The zero-order valence-corrected chi connectivity index (χ0v) is 10.9. The fraction of sp³-hybridized carbons (Fsp3) is 0.429. The van der Waals surface area contributed by atoms with Crippen molar-refractivity contribution in [3.8, 4) is 0 Å². The van der Waals surface area contributed by atoms with Gasteiger partial charge in [-0.15, -0.1) is 0 Å². The van der Waals surface area contributed by atoms with E-state index in [9.17, 15) is 9.59 Å². The van der Waals surface area contributed by atoms with Crippen molar-refractivity contribution >= 4 is 17.6 Å². The molecule has 0 aromatic heterocycles. The van der Waals surface area contributed by atoms with E-state index in [1.54, 1.807) is 24.3 Å². The van der Waals surface area contributed by atoms with Gasteiger partial charge < -0.3 is 15.4 Å². The molecule has 1 aromatic carbocycles. The highest BCUT2D eigenvalue weighted by Gasteiger charge is 2.20. The molecule has 1 fully saturated rings. The van der Waals surface area contributed by atoms with Crippen molar-refractivity contribution in [2.24, 2.45) is 0 Å². The Morgan fingerprint density at radius 2 is 2.16 bits per heavy atom. The fourth-order valence-electron chi connectivity index (χ4n) is 1.74. The molecule has 5 nitrogen and oxygen atoms in total. The highest BCUT2D eigenvalue weighted by Crippen LogP contribution is 2.18. The van der Waals surface area contributed by atoms with Gasteiger partial charge in [0.1, 0.15) is 0 Å². The minimum atomic E-state index is -0.411. The van der Waals surface area contributed by atoms with Gasteiger partial charge in [-0.3, -0.25) is 4.79 Å². The maximum Gasteiger partial charge on any atom is 0.337 e. The van der Waals surface area contributed by atoms with E-state index >= 15 is 0 Å². The van der Waals surface area contributed by atoms with Crippen molar-refractivity contribution in [3.63, 3.8) is 0 Å². The third-order valence-corrected chi connectivity index (χ3v) is 2.93. The van der Waals surface area contributed by atoms with Crippen LogP contribution in [0.2, 0.25) is 0 Å². The van der Waals surface area contributed by atoms with Crippen molar-refractivity contribution in [1.82, 2.24) is 5.32 Å². The van der Waals surface area contributed by atoms with Gasteiger partial charge >= 0.3 is 5.97 Å². The summed E-state index contributed by atoms with van der Waals surface area (Å²) in [4.78, 5) is 23.1. The molecule has 0 saturated heterocycles. The van der Waals surface area contributed by atoms with E-state index < -0.39 is 5.97 Å². The topological polar surface area (TPSA) is 67.4 Å². The van der Waals surface area contributed by atoms with Crippen molar-refractivity contribution in [2.75, 3.05) is 19.0 Å². The van der Waals surface area contributed by atoms with Gasteiger partial charge in [0.15, 0.2) is 0 Å². The summed E-state index contributed by atoms with van der Waals surface area (Å²) in [5.74, 6) is -0.471. The number of methoxy groups -OCH3 is 1. The summed E-state index contributed by atoms with van der Waals surface area (Å²) in [5, 5.41) is 6.05. The number of esters is 1. The van der Waals surface area contributed by atoms with Crippen LogP contribution in [0.1, 0.15) is 29.6 Å². The maximum atomic E-state index is 11.7. The van der Waals surface area contributed by atoms with Gasteiger partial charge in [0.25, 0.3) is 0 Å². The lowest BCUT2D eigenvalue weighted by atomic mass is 10.2. The lowest BCUT2D eigenvalue weighted by Gasteiger charge is -2.07. The molecule has 0 aliphatic heterocycles. The van der Waals surface area contributed by atoms with E-state index in [-0.39, 0.29) is 5.91 Å². The zero-order chi connectivity index (χ0) is 13.7. The maximum absolute atomic E-state index is 11.7. The van der Waals surface area contributed by atoms with Crippen LogP contribution < -0.4 is 10.6 Å². The highest BCUT2D eigenvalue weighted by molar-refractivity contribution is 5.94. The van der Waals surface area contributed by atoms with E-state index in [4.69, 9.17) is 0 Å². The lowest BCUT2D eigenvalue weighted by molar-refractivity contribution is -0.116. The largest absolute Gasteiger partial charge is 0.465 e. The number of carbonyl (C=O) groups is 2. The Bertz CT molecular complexity index is 470. The lowest BCUT2D eigenvalue weighted by Crippen LogP contribution is -2.23. The number of hydrogen-bond acceptors (Lipinski definition) is 4. The fourth-order valence-corrected chi connectivity index (χ4v) is 1.74. The molecule has 2 N–H and O–H groups in total. The van der Waals surface area contributed by atoms with E-state index in [1.807, 2.05) is 0 Å². The Labute approximate surface area is 112 Å². The molecule has 0 atom stereocenters. The average Bonchev–Trinajstić information content (AvgIpc) is 3.22. The Morgan fingerprint density at radius 1 is 1.37 bits per heavy atom. The molecular formula is C14H18N2O3. The molecule has 5 heteroatoms. The number of carbonyl (C=O) groups excluding carboxylic acids is 2. The number of benzene rings is 1. The summed E-state index contributed by atoms with van der Waals surface area (Å²) in [5.41, 5.74) is 1.04. The number of anilines is 1. The summed E-state index contributed by atoms with van der Waals surface area (Å²) in [6.45, 7) is 0.688. The van der Waals surface area contributed by atoms with Crippen molar-refractivity contribution < 1.29 is 14.3 Å². The smallest absolute Gasteiger partial charge is 0.337 e. The van der Waals surface area contributed by atoms with E-state index in [2.05, 4.69) is 15.4 Å². The van der Waals surface area contributed by atoms with E-state index in [0.29, 0.717) is 30.3 Å². The van der Waals surface area contributed by atoms with Crippen LogP contribution in [0.15, 0.2) is 24.3 Å². The minimum absolute atomic E-state index is 0.0600. The predicted octanol–water partition coefficient (Wildman–Crippen LogP) is 1.55. The predicted molar refractivity (Wildman–Crippen MR) is 72.1 cm³/mol. The van der Waals surface area contributed by atoms with Crippen LogP contribution in [-0.2, 0) is 9.53 Å². The summed E-state index contributed by atoms with van der Waals surface area (Å²) < 4.78 is 4.63. The summed E-state index contributed by atoms with van der Waals surface area (Å²) in [7, 11) is 1.33. The molecule has 0 heterocycles. The monoisotopic (exact) mass is 262 g/mol. The zero-order valence-electron chi connectivity index (χ0n) is 10.9. The van der Waals surface area contributed by atoms with Crippen LogP contribution >= 0.6 is 0 Å². The van der Waals surface area contributed by atoms with Gasteiger partial charge in [0.2, 0.25) is 5.91 Å². The first-order chi connectivity index (χ1) is 9.19. The molecule has 1 aromatic rings. The molecule has 0 bridgehead atoms. The number of hydrogen-bond donors (Lipinski definition) is 2. The minimum Gasteiger partial charge on any atom is -0.465 e. The summed E-state index contributed by atoms with van der Waals surface area (Å²) in [6.07, 6.45) is 2.85. The molecule has 2 rings (SSSR count). The molecule has 0 spiro atoms. The van der Waals surface area contributed by atoms with Gasteiger partial charge in [-0.05, 0) is 31.0 Å². The van der Waals surface area contributed by atoms with Crippen molar-refractivity contribution in [2.45, 2.75) is 25.3 Å². The summed E-state index contributed by atoms with van der Waals surface area (Å²) >= 11 is 0. The summed E-state index contributed by atoms with van der Waals surface area (Å²) in [6, 6.07) is 7.33. The average molecular weight is 262 g/mol. The quantitative estimate of drug-likeness (QED) is 0.763.